The maximum Gasteiger partial charge on any atom is 0.235 e. The van der Waals surface area contributed by atoms with Crippen LogP contribution in [0.1, 0.15) is 0 Å². The molecule has 260 valence electrons. The summed E-state index contributed by atoms with van der Waals surface area (Å²) in [5.74, 6) is 0.605. The molecule has 0 atom stereocenters. The highest BCUT2D eigenvalue weighted by molar-refractivity contribution is 6.23. The highest BCUT2D eigenvalue weighted by Gasteiger charge is 2.21. The van der Waals surface area contributed by atoms with E-state index in [1.54, 1.807) is 0 Å². The molecule has 0 unspecified atom stereocenters. The summed E-state index contributed by atoms with van der Waals surface area (Å²) in [6, 6.07) is 66.6. The largest absolute Gasteiger partial charge is 0.455 e. The zero-order valence-electron chi connectivity index (χ0n) is 30.1. The first-order valence-corrected chi connectivity index (χ1v) is 19.0. The van der Waals surface area contributed by atoms with Crippen molar-refractivity contribution in [1.29, 1.82) is 0 Å². The third-order valence-electron chi connectivity index (χ3n) is 11.4. The van der Waals surface area contributed by atoms with Crippen LogP contribution in [0.25, 0.3) is 116 Å². The van der Waals surface area contributed by atoms with Crippen LogP contribution < -0.4 is 0 Å². The lowest BCUT2D eigenvalue weighted by Gasteiger charge is -2.12. The lowest BCUT2D eigenvalue weighted by atomic mass is 9.96. The first kappa shape index (κ1) is 30.9. The highest BCUT2D eigenvalue weighted by Crippen LogP contribution is 2.42. The Labute approximate surface area is 321 Å². The molecular formula is C52H31N3O. The van der Waals surface area contributed by atoms with Gasteiger partial charge < -0.3 is 4.42 Å². The lowest BCUT2D eigenvalue weighted by molar-refractivity contribution is 0.670. The quantitative estimate of drug-likeness (QED) is 0.182. The molecule has 9 aromatic carbocycles. The first-order chi connectivity index (χ1) is 27.8. The molecular weight excluding hydrogens is 683 g/mol. The topological polar surface area (TPSA) is 43.9 Å². The van der Waals surface area contributed by atoms with Gasteiger partial charge in [0.05, 0.1) is 22.4 Å². The molecule has 0 saturated heterocycles. The standard InChI is InChI=1S/C52H31N3O/c1-2-15-35(16-3-1)44-31-45(41-22-11-23-42-50-40-20-9-6-14-34(40)26-29-48(50)56-51(41)42)54-52(53-44)55-46-27-25-36(38-21-10-17-32-12-4-7-18-37(32)38)30-43(46)49-39-19-8-5-13-33(39)24-28-47(49)55/h1-31H. The Bertz CT molecular complexity index is 3540. The van der Waals surface area contributed by atoms with Crippen LogP contribution >= 0.6 is 0 Å². The zero-order valence-corrected chi connectivity index (χ0v) is 30.1. The summed E-state index contributed by atoms with van der Waals surface area (Å²) in [4.78, 5) is 10.8. The number of hydrogen-bond acceptors (Lipinski definition) is 3. The summed E-state index contributed by atoms with van der Waals surface area (Å²) in [7, 11) is 0. The summed E-state index contributed by atoms with van der Waals surface area (Å²) in [6.45, 7) is 0. The molecule has 0 aliphatic carbocycles. The molecule has 3 aromatic heterocycles. The molecule has 4 heteroatoms. The van der Waals surface area contributed by atoms with Gasteiger partial charge >= 0.3 is 0 Å². The van der Waals surface area contributed by atoms with Crippen molar-refractivity contribution >= 4 is 76.1 Å². The van der Waals surface area contributed by atoms with E-state index in [1.807, 2.05) is 6.07 Å². The lowest BCUT2D eigenvalue weighted by Crippen LogP contribution is -2.04. The molecule has 0 bridgehead atoms. The van der Waals surface area contributed by atoms with Crippen molar-refractivity contribution in [3.05, 3.63) is 188 Å². The van der Waals surface area contributed by atoms with E-state index in [1.165, 1.54) is 48.8 Å². The van der Waals surface area contributed by atoms with Crippen LogP contribution in [0, 0.1) is 0 Å². The van der Waals surface area contributed by atoms with Gasteiger partial charge in [0.2, 0.25) is 5.95 Å². The van der Waals surface area contributed by atoms with Crippen LogP contribution in [0.2, 0.25) is 0 Å². The predicted molar refractivity (Wildman–Crippen MR) is 232 cm³/mol. The van der Waals surface area contributed by atoms with Gasteiger partial charge in [-0.15, -0.1) is 0 Å². The van der Waals surface area contributed by atoms with Gasteiger partial charge in [0, 0.05) is 32.7 Å². The van der Waals surface area contributed by atoms with Crippen molar-refractivity contribution in [3.8, 4) is 39.6 Å². The van der Waals surface area contributed by atoms with Crippen molar-refractivity contribution in [3.63, 3.8) is 0 Å². The number of benzene rings is 9. The fourth-order valence-electron chi connectivity index (χ4n) is 8.85. The summed E-state index contributed by atoms with van der Waals surface area (Å²) < 4.78 is 8.97. The van der Waals surface area contributed by atoms with Crippen molar-refractivity contribution in [2.45, 2.75) is 0 Å². The fourth-order valence-corrected chi connectivity index (χ4v) is 8.85. The Morgan fingerprint density at radius 2 is 0.982 bits per heavy atom. The Morgan fingerprint density at radius 1 is 0.375 bits per heavy atom. The third-order valence-corrected chi connectivity index (χ3v) is 11.4. The van der Waals surface area contributed by atoms with Gasteiger partial charge in [-0.05, 0) is 79.8 Å². The van der Waals surface area contributed by atoms with E-state index in [-0.39, 0.29) is 0 Å². The summed E-state index contributed by atoms with van der Waals surface area (Å²) in [5, 5.41) is 11.7. The van der Waals surface area contributed by atoms with Crippen molar-refractivity contribution in [2.24, 2.45) is 0 Å². The Balaban J connectivity index is 1.16. The number of nitrogens with zero attached hydrogens (tertiary/aromatic N) is 3. The van der Waals surface area contributed by atoms with Gasteiger partial charge in [-0.25, -0.2) is 9.97 Å². The van der Waals surface area contributed by atoms with Crippen LogP contribution in [0.3, 0.4) is 0 Å². The van der Waals surface area contributed by atoms with Crippen LogP contribution in [0.15, 0.2) is 192 Å². The maximum atomic E-state index is 6.73. The van der Waals surface area contributed by atoms with E-state index in [2.05, 4.69) is 187 Å². The number of para-hydroxylation sites is 1. The average Bonchev–Trinajstić information content (AvgIpc) is 3.82. The smallest absolute Gasteiger partial charge is 0.235 e. The molecule has 12 aromatic rings. The van der Waals surface area contributed by atoms with Crippen LogP contribution in [0.5, 0.6) is 0 Å². The van der Waals surface area contributed by atoms with Gasteiger partial charge in [0.25, 0.3) is 0 Å². The SMILES string of the molecule is c1ccc(-c2cc(-c3cccc4c3oc3ccc5ccccc5c34)nc(-n3c4ccc(-c5cccc6ccccc56)cc4c4c5ccccc5ccc43)n2)cc1. The second-order valence-corrected chi connectivity index (χ2v) is 14.5. The van der Waals surface area contributed by atoms with Crippen molar-refractivity contribution in [2.75, 3.05) is 0 Å². The Kier molecular flexibility index (Phi) is 6.60. The highest BCUT2D eigenvalue weighted by atomic mass is 16.3. The Hall–Kier alpha value is -7.56. The van der Waals surface area contributed by atoms with Crippen molar-refractivity contribution in [1.82, 2.24) is 14.5 Å². The molecule has 0 amide bonds. The maximum absolute atomic E-state index is 6.73. The van der Waals surface area contributed by atoms with Gasteiger partial charge in [-0.2, -0.15) is 0 Å². The second kappa shape index (κ2) is 12.0. The van der Waals surface area contributed by atoms with Gasteiger partial charge in [-0.1, -0.05) is 152 Å². The number of rotatable bonds is 4. The van der Waals surface area contributed by atoms with Crippen LogP contribution in [0.4, 0.5) is 0 Å². The van der Waals surface area contributed by atoms with Crippen LogP contribution in [-0.4, -0.2) is 14.5 Å². The molecule has 0 saturated carbocycles. The van der Waals surface area contributed by atoms with E-state index >= 15 is 0 Å². The molecule has 3 heterocycles. The molecule has 0 spiro atoms. The minimum atomic E-state index is 0.605. The van der Waals surface area contributed by atoms with E-state index in [9.17, 15) is 0 Å². The third kappa shape index (κ3) is 4.60. The predicted octanol–water partition coefficient (Wildman–Crippen LogP) is 13.9. The van der Waals surface area contributed by atoms with Crippen LogP contribution in [-0.2, 0) is 0 Å². The molecule has 0 fully saturated rings. The molecule has 0 aliphatic rings. The number of aromatic nitrogens is 3. The minimum Gasteiger partial charge on any atom is -0.455 e. The molecule has 0 N–H and O–H groups in total. The Morgan fingerprint density at radius 3 is 1.80 bits per heavy atom. The summed E-state index contributed by atoms with van der Waals surface area (Å²) in [6.07, 6.45) is 0. The average molecular weight is 714 g/mol. The molecule has 0 aliphatic heterocycles. The number of furan rings is 1. The summed E-state index contributed by atoms with van der Waals surface area (Å²) >= 11 is 0. The van der Waals surface area contributed by atoms with Gasteiger partial charge in [-0.3, -0.25) is 4.57 Å². The molecule has 0 radical (unpaired) electrons. The zero-order chi connectivity index (χ0) is 36.7. The first-order valence-electron chi connectivity index (χ1n) is 19.0. The number of fused-ring (bicyclic) bond motifs is 11. The van der Waals surface area contributed by atoms with Crippen molar-refractivity contribution < 1.29 is 4.42 Å². The van der Waals surface area contributed by atoms with E-state index in [0.717, 1.165) is 60.9 Å². The number of hydrogen-bond donors (Lipinski definition) is 0. The second-order valence-electron chi connectivity index (χ2n) is 14.5. The fraction of sp³-hybridized carbons (Fsp3) is 0. The normalized spacial score (nSPS) is 11.9. The monoisotopic (exact) mass is 713 g/mol. The molecule has 12 rings (SSSR count). The van der Waals surface area contributed by atoms with E-state index in [4.69, 9.17) is 14.4 Å². The molecule has 56 heavy (non-hydrogen) atoms. The minimum absolute atomic E-state index is 0.605. The van der Waals surface area contributed by atoms with E-state index < -0.39 is 0 Å². The summed E-state index contributed by atoms with van der Waals surface area (Å²) in [5.41, 5.74) is 9.74. The van der Waals surface area contributed by atoms with Gasteiger partial charge in [0.15, 0.2) is 0 Å². The van der Waals surface area contributed by atoms with Gasteiger partial charge in [0.1, 0.15) is 11.2 Å². The molecule has 4 nitrogen and oxygen atoms in total. The van der Waals surface area contributed by atoms with E-state index in [0.29, 0.717) is 5.95 Å².